The highest BCUT2D eigenvalue weighted by atomic mass is 35.5. The van der Waals surface area contributed by atoms with Gasteiger partial charge < -0.3 is 14.4 Å². The summed E-state index contributed by atoms with van der Waals surface area (Å²) in [5.74, 6) is 1.93. The second-order valence-electron chi connectivity index (χ2n) is 8.59. The summed E-state index contributed by atoms with van der Waals surface area (Å²) in [7, 11) is 1.69. The van der Waals surface area contributed by atoms with Crippen LogP contribution in [0.1, 0.15) is 35.0 Å². The summed E-state index contributed by atoms with van der Waals surface area (Å²) in [4.78, 5) is 8.71. The van der Waals surface area contributed by atoms with Crippen molar-refractivity contribution in [3.63, 3.8) is 0 Å². The van der Waals surface area contributed by atoms with Gasteiger partial charge in [0.05, 0.1) is 31.7 Å². The average Bonchev–Trinajstić information content (AvgIpc) is 3.45. The van der Waals surface area contributed by atoms with Crippen LogP contribution in [0.2, 0.25) is 0 Å². The highest BCUT2D eigenvalue weighted by Gasteiger charge is 2.27. The van der Waals surface area contributed by atoms with Crippen molar-refractivity contribution >= 4 is 35.6 Å². The molecule has 1 aliphatic heterocycles. The third kappa shape index (κ3) is 4.60. The standard InChI is InChI=1S/C27H30N4O2S.ClH/c1-6-30(14-19-7-10-21(34-5)11-8-19)27-23-15-33-16-24(23)28-26-25(18(3)29-31(26)27)22-12-9-20(32-4)13-17(22)2;/h7-13H,6,14-16H2,1-5H3;1H. The maximum Gasteiger partial charge on any atom is 0.165 e. The molecular formula is C27H31ClN4O2S. The molecule has 0 unspecified atom stereocenters. The van der Waals surface area contributed by atoms with E-state index in [0.29, 0.717) is 13.2 Å². The van der Waals surface area contributed by atoms with Crippen LogP contribution in [0.4, 0.5) is 5.82 Å². The predicted molar refractivity (Wildman–Crippen MR) is 145 cm³/mol. The van der Waals surface area contributed by atoms with E-state index in [1.807, 2.05) is 10.6 Å². The molecule has 2 aromatic heterocycles. The van der Waals surface area contributed by atoms with Crippen LogP contribution in [-0.2, 0) is 24.5 Å². The molecule has 6 nitrogen and oxygen atoms in total. The lowest BCUT2D eigenvalue weighted by Crippen LogP contribution is -2.26. The molecule has 0 saturated carbocycles. The maximum absolute atomic E-state index is 5.85. The monoisotopic (exact) mass is 510 g/mol. The number of hydrogen-bond donors (Lipinski definition) is 0. The van der Waals surface area contributed by atoms with E-state index in [4.69, 9.17) is 19.6 Å². The minimum Gasteiger partial charge on any atom is -0.497 e. The van der Waals surface area contributed by atoms with E-state index in [1.54, 1.807) is 18.9 Å². The van der Waals surface area contributed by atoms with Crippen molar-refractivity contribution in [3.8, 4) is 16.9 Å². The van der Waals surface area contributed by atoms with Gasteiger partial charge in [0.15, 0.2) is 5.65 Å². The van der Waals surface area contributed by atoms with Crippen molar-refractivity contribution in [1.82, 2.24) is 14.6 Å². The van der Waals surface area contributed by atoms with Crippen LogP contribution >= 0.6 is 24.2 Å². The first-order chi connectivity index (χ1) is 16.5. The van der Waals surface area contributed by atoms with Crippen LogP contribution in [0, 0.1) is 13.8 Å². The number of nitrogens with zero attached hydrogens (tertiary/aromatic N) is 4. The zero-order valence-electron chi connectivity index (χ0n) is 20.8. The molecule has 0 aliphatic carbocycles. The van der Waals surface area contributed by atoms with Gasteiger partial charge in [0.1, 0.15) is 11.6 Å². The summed E-state index contributed by atoms with van der Waals surface area (Å²) < 4.78 is 13.3. The summed E-state index contributed by atoms with van der Waals surface area (Å²) in [5, 5.41) is 5.01. The Bertz CT molecular complexity index is 1350. The Hall–Kier alpha value is -2.74. The minimum atomic E-state index is 0. The topological polar surface area (TPSA) is 51.9 Å². The summed E-state index contributed by atoms with van der Waals surface area (Å²) >= 11 is 1.76. The Morgan fingerprint density at radius 2 is 1.89 bits per heavy atom. The molecule has 0 saturated heterocycles. The van der Waals surface area contributed by atoms with E-state index < -0.39 is 0 Å². The molecule has 35 heavy (non-hydrogen) atoms. The Morgan fingerprint density at radius 3 is 2.54 bits per heavy atom. The van der Waals surface area contributed by atoms with Gasteiger partial charge in [0.2, 0.25) is 0 Å². The second-order valence-corrected chi connectivity index (χ2v) is 9.47. The van der Waals surface area contributed by atoms with Crippen LogP contribution < -0.4 is 9.64 Å². The first-order valence-electron chi connectivity index (χ1n) is 11.6. The molecule has 0 radical (unpaired) electrons. The lowest BCUT2D eigenvalue weighted by atomic mass is 10.0. The molecule has 184 valence electrons. The number of thioether (sulfide) groups is 1. The van der Waals surface area contributed by atoms with Gasteiger partial charge in [0, 0.05) is 29.1 Å². The highest BCUT2D eigenvalue weighted by molar-refractivity contribution is 7.98. The molecule has 3 heterocycles. The molecule has 0 spiro atoms. The fourth-order valence-corrected chi connectivity index (χ4v) is 5.12. The van der Waals surface area contributed by atoms with Crippen molar-refractivity contribution in [3.05, 3.63) is 70.5 Å². The third-order valence-electron chi connectivity index (χ3n) is 6.50. The number of methoxy groups -OCH3 is 1. The zero-order chi connectivity index (χ0) is 23.8. The van der Waals surface area contributed by atoms with Gasteiger partial charge in [-0.15, -0.1) is 24.2 Å². The van der Waals surface area contributed by atoms with Crippen LogP contribution in [-0.4, -0.2) is 34.5 Å². The number of hydrogen-bond acceptors (Lipinski definition) is 6. The van der Waals surface area contributed by atoms with E-state index in [0.717, 1.165) is 63.9 Å². The van der Waals surface area contributed by atoms with Crippen molar-refractivity contribution < 1.29 is 9.47 Å². The van der Waals surface area contributed by atoms with Gasteiger partial charge in [-0.05, 0) is 68.0 Å². The number of aromatic nitrogens is 3. The first-order valence-corrected chi connectivity index (χ1v) is 12.8. The molecule has 4 aromatic rings. The second kappa shape index (κ2) is 10.5. The third-order valence-corrected chi connectivity index (χ3v) is 7.24. The van der Waals surface area contributed by atoms with E-state index in [1.165, 1.54) is 10.5 Å². The van der Waals surface area contributed by atoms with Crippen LogP contribution in [0.3, 0.4) is 0 Å². The van der Waals surface area contributed by atoms with Gasteiger partial charge in [-0.25, -0.2) is 4.98 Å². The van der Waals surface area contributed by atoms with Gasteiger partial charge in [-0.1, -0.05) is 18.2 Å². The Morgan fingerprint density at radius 1 is 1.11 bits per heavy atom. The van der Waals surface area contributed by atoms with Crippen molar-refractivity contribution in [1.29, 1.82) is 0 Å². The molecule has 0 bridgehead atoms. The number of ether oxygens (including phenoxy) is 2. The minimum absolute atomic E-state index is 0. The van der Waals surface area contributed by atoms with Crippen molar-refractivity contribution in [2.75, 3.05) is 24.8 Å². The number of rotatable bonds is 7. The Labute approximate surface area is 217 Å². The predicted octanol–water partition coefficient (Wildman–Crippen LogP) is 6.22. The Kier molecular flexibility index (Phi) is 7.59. The lowest BCUT2D eigenvalue weighted by molar-refractivity contribution is 0.133. The van der Waals surface area contributed by atoms with E-state index in [2.05, 4.69) is 68.3 Å². The first kappa shape index (κ1) is 25.4. The molecular weight excluding hydrogens is 480 g/mol. The number of halogens is 1. The number of fused-ring (bicyclic) bond motifs is 2. The molecule has 8 heteroatoms. The normalized spacial score (nSPS) is 12.5. The SMILES string of the molecule is CCN(Cc1ccc(SC)cc1)c1c2c(nc3c(-c4ccc(OC)cc4C)c(C)nn13)COC2.Cl. The molecule has 2 aromatic carbocycles. The van der Waals surface area contributed by atoms with Gasteiger partial charge in [-0.3, -0.25) is 0 Å². The maximum atomic E-state index is 5.85. The quantitative estimate of drug-likeness (QED) is 0.275. The van der Waals surface area contributed by atoms with E-state index >= 15 is 0 Å². The number of aryl methyl sites for hydroxylation is 2. The molecule has 1 aliphatic rings. The van der Waals surface area contributed by atoms with Crippen LogP contribution in [0.15, 0.2) is 47.4 Å². The summed E-state index contributed by atoms with van der Waals surface area (Å²) in [6.07, 6.45) is 2.10. The average molecular weight is 511 g/mol. The Balaban J connectivity index is 0.00000289. The number of anilines is 1. The fraction of sp³-hybridized carbons (Fsp3) is 0.333. The van der Waals surface area contributed by atoms with Crippen LogP contribution in [0.5, 0.6) is 5.75 Å². The summed E-state index contributed by atoms with van der Waals surface area (Å²) in [6.45, 7) is 9.11. The number of benzene rings is 2. The summed E-state index contributed by atoms with van der Waals surface area (Å²) in [5.41, 5.74) is 8.58. The molecule has 0 fully saturated rings. The van der Waals surface area contributed by atoms with Crippen LogP contribution in [0.25, 0.3) is 16.8 Å². The van der Waals surface area contributed by atoms with E-state index in [-0.39, 0.29) is 12.4 Å². The van der Waals surface area contributed by atoms with Crippen molar-refractivity contribution in [2.45, 2.75) is 45.4 Å². The largest absolute Gasteiger partial charge is 0.497 e. The molecule has 5 rings (SSSR count). The molecule has 0 atom stereocenters. The van der Waals surface area contributed by atoms with Crippen molar-refractivity contribution in [2.24, 2.45) is 0 Å². The zero-order valence-corrected chi connectivity index (χ0v) is 22.4. The lowest BCUT2D eigenvalue weighted by Gasteiger charge is -2.26. The van der Waals surface area contributed by atoms with Gasteiger partial charge in [0.25, 0.3) is 0 Å². The van der Waals surface area contributed by atoms with E-state index in [9.17, 15) is 0 Å². The van der Waals surface area contributed by atoms with Gasteiger partial charge in [-0.2, -0.15) is 9.61 Å². The molecule has 0 N–H and O–H groups in total. The summed E-state index contributed by atoms with van der Waals surface area (Å²) in [6, 6.07) is 15.0. The smallest absolute Gasteiger partial charge is 0.165 e. The highest BCUT2D eigenvalue weighted by Crippen LogP contribution is 2.37. The molecule has 0 amide bonds. The fourth-order valence-electron chi connectivity index (χ4n) is 4.71. The van der Waals surface area contributed by atoms with Gasteiger partial charge >= 0.3 is 0 Å².